The molecule has 0 aliphatic heterocycles. The van der Waals surface area contributed by atoms with Crippen LogP contribution in [-0.4, -0.2) is 102 Å². The number of carbonyl (C=O) groups is 3. The van der Waals surface area contributed by atoms with Gasteiger partial charge in [0.25, 0.3) is 0 Å². The predicted molar refractivity (Wildman–Crippen MR) is 295 cm³/mol. The Labute approximate surface area is 438 Å². The van der Waals surface area contributed by atoms with Crippen LogP contribution in [0.1, 0.15) is 44.8 Å². The molecule has 0 atom stereocenters. The van der Waals surface area contributed by atoms with Gasteiger partial charge in [0.2, 0.25) is 30.1 Å². The zero-order valence-corrected chi connectivity index (χ0v) is 44.8. The highest BCUT2D eigenvalue weighted by Crippen LogP contribution is 2.32. The molecule has 0 spiro atoms. The molecule has 3 aromatic carbocycles. The van der Waals surface area contributed by atoms with Gasteiger partial charge in [-0.25, -0.2) is 40.2 Å². The van der Waals surface area contributed by atoms with Crippen molar-refractivity contribution in [3.63, 3.8) is 0 Å². The molecule has 7 N–H and O–H groups in total. The first-order valence-corrected chi connectivity index (χ1v) is 28.9. The largest absolute Gasteiger partial charge is 0.481 e. The van der Waals surface area contributed by atoms with Gasteiger partial charge in [-0.2, -0.15) is 0 Å². The number of benzene rings is 3. The van der Waals surface area contributed by atoms with Gasteiger partial charge in [-0.1, -0.05) is 36.4 Å². The first-order valence-electron chi connectivity index (χ1n) is 23.2. The molecule has 0 bridgehead atoms. The van der Waals surface area contributed by atoms with Crippen molar-refractivity contribution < 1.29 is 49.5 Å². The molecule has 9 rings (SSSR count). The number of Topliss-reactive ketones (excluding diaryl/α,β-unsaturated/α-hetero) is 1. The number of esters is 1. The fourth-order valence-corrected chi connectivity index (χ4v) is 9.74. The molecule has 76 heavy (non-hydrogen) atoms. The number of pyridine rings is 3. The second-order valence-corrected chi connectivity index (χ2v) is 24.1. The first kappa shape index (κ1) is 55.3. The van der Waals surface area contributed by atoms with Crippen molar-refractivity contribution in [2.45, 2.75) is 52.6 Å². The van der Waals surface area contributed by atoms with E-state index < -0.39 is 41.6 Å². The summed E-state index contributed by atoms with van der Waals surface area (Å²) in [7, 11) is -9.93. The Morgan fingerprint density at radius 1 is 0.500 bits per heavy atom. The van der Waals surface area contributed by atoms with Gasteiger partial charge in [0.15, 0.2) is 0 Å². The van der Waals surface area contributed by atoms with E-state index in [9.17, 15) is 39.6 Å². The Balaban J connectivity index is 0.000000167. The summed E-state index contributed by atoms with van der Waals surface area (Å²) in [6.07, 6.45) is 8.72. The van der Waals surface area contributed by atoms with Crippen LogP contribution < -0.4 is 14.2 Å². The lowest BCUT2D eigenvalue weighted by Gasteiger charge is -2.19. The number of carbonyl (C=O) groups excluding carboxylic acids is 2. The Morgan fingerprint density at radius 2 is 0.803 bits per heavy atom. The van der Waals surface area contributed by atoms with Crippen molar-refractivity contribution in [1.29, 1.82) is 0 Å². The van der Waals surface area contributed by atoms with Crippen molar-refractivity contribution >= 4 is 98.0 Å². The second kappa shape index (κ2) is 22.6. The molecule has 0 aliphatic rings. The van der Waals surface area contributed by atoms with E-state index in [2.05, 4.69) is 44.1 Å². The molecule has 23 heteroatoms. The van der Waals surface area contributed by atoms with Gasteiger partial charge in [-0.3, -0.25) is 28.5 Å². The first-order chi connectivity index (χ1) is 35.6. The molecule has 0 aliphatic carbocycles. The third-order valence-electron chi connectivity index (χ3n) is 10.8. The highest BCUT2D eigenvalue weighted by molar-refractivity contribution is 7.92. The molecule has 9 aromatic rings. The molecule has 0 fully saturated rings. The third-order valence-corrected chi connectivity index (χ3v) is 12.6. The number of nitrogens with zero attached hydrogens (tertiary/aromatic N) is 3. The fraction of sp³-hybridized carbons (Fsp3) is 0.208. The summed E-state index contributed by atoms with van der Waals surface area (Å²) in [5, 5.41) is 11.5. The Kier molecular flexibility index (Phi) is 16.5. The average Bonchev–Trinajstić information content (AvgIpc) is 4.04. The summed E-state index contributed by atoms with van der Waals surface area (Å²) in [6, 6.07) is 32.4. The van der Waals surface area contributed by atoms with E-state index in [1.807, 2.05) is 75.4 Å². The molecule has 0 saturated heterocycles. The summed E-state index contributed by atoms with van der Waals surface area (Å²) in [6.45, 7) is 7.04. The number of nitrogens with one attached hydrogen (secondary N) is 6. The quantitative estimate of drug-likeness (QED) is 0.0474. The average molecular weight is 1090 g/mol. The number of aliphatic carboxylic acids is 1. The number of anilines is 3. The molecule has 0 amide bonds. The number of carboxylic acid groups (broad SMARTS) is 1. The van der Waals surface area contributed by atoms with Gasteiger partial charge in [0.05, 0.1) is 31.6 Å². The summed E-state index contributed by atoms with van der Waals surface area (Å²) in [5.74, 6) is -1.14. The van der Waals surface area contributed by atoms with Gasteiger partial charge in [-0.05, 0) is 134 Å². The molecule has 0 unspecified atom stereocenters. The van der Waals surface area contributed by atoms with Crippen LogP contribution in [0.5, 0.6) is 0 Å². The molecular weight excluding hydrogens is 1030 g/mol. The van der Waals surface area contributed by atoms with Gasteiger partial charge < -0.3 is 24.8 Å². The van der Waals surface area contributed by atoms with Crippen LogP contribution in [0.4, 0.5) is 17.1 Å². The van der Waals surface area contributed by atoms with Crippen molar-refractivity contribution in [3.8, 4) is 33.4 Å². The number of sulfonamides is 3. The summed E-state index contributed by atoms with van der Waals surface area (Å²) in [4.78, 5) is 56.4. The zero-order valence-electron chi connectivity index (χ0n) is 42.3. The second-order valence-electron chi connectivity index (χ2n) is 18.8. The van der Waals surface area contributed by atoms with Crippen LogP contribution >= 0.6 is 0 Å². The van der Waals surface area contributed by atoms with Crippen LogP contribution in [0, 0.1) is 0 Å². The number of carboxylic acids is 1. The normalized spacial score (nSPS) is 11.8. The number of fused-ring (bicyclic) bond motifs is 3. The molecule has 0 saturated carbocycles. The Hall–Kier alpha value is -8.41. The number of hydrogen-bond acceptors (Lipinski definition) is 13. The molecule has 6 heterocycles. The summed E-state index contributed by atoms with van der Waals surface area (Å²) >= 11 is 0. The maximum Gasteiger partial charge on any atom is 0.312 e. The lowest BCUT2D eigenvalue weighted by molar-refractivity contribution is -0.154. The van der Waals surface area contributed by atoms with Crippen molar-refractivity contribution in [2.75, 3.05) is 32.9 Å². The van der Waals surface area contributed by atoms with Gasteiger partial charge in [-0.15, -0.1) is 0 Å². The van der Waals surface area contributed by atoms with Crippen LogP contribution in [0.25, 0.3) is 66.5 Å². The van der Waals surface area contributed by atoms with Crippen LogP contribution in [0.15, 0.2) is 128 Å². The van der Waals surface area contributed by atoms with Gasteiger partial charge >= 0.3 is 11.9 Å². The highest BCUT2D eigenvalue weighted by atomic mass is 32.2. The molecule has 0 radical (unpaired) electrons. The minimum absolute atomic E-state index is 0.0827. The number of rotatable bonds is 15. The smallest absolute Gasteiger partial charge is 0.312 e. The van der Waals surface area contributed by atoms with Crippen molar-refractivity contribution in [2.24, 2.45) is 0 Å². The lowest BCUT2D eigenvalue weighted by atomic mass is 10.0. The van der Waals surface area contributed by atoms with E-state index in [4.69, 9.17) is 9.84 Å². The Morgan fingerprint density at radius 3 is 1.08 bits per heavy atom. The number of hydrogen-bond donors (Lipinski definition) is 7. The number of aromatic nitrogens is 6. The number of ether oxygens (including phenoxy) is 1. The summed E-state index contributed by atoms with van der Waals surface area (Å²) < 4.78 is 80.4. The topological polar surface area (TPSA) is 305 Å². The van der Waals surface area contributed by atoms with E-state index in [1.165, 1.54) is 0 Å². The minimum Gasteiger partial charge on any atom is -0.481 e. The van der Waals surface area contributed by atoms with Crippen LogP contribution in [0.3, 0.4) is 0 Å². The summed E-state index contributed by atoms with van der Waals surface area (Å²) in [5.41, 5.74) is 10.6. The van der Waals surface area contributed by atoms with E-state index in [1.54, 1.807) is 80.1 Å². The lowest BCUT2D eigenvalue weighted by Crippen LogP contribution is -2.24. The monoisotopic (exact) mass is 1090 g/mol. The number of aromatic amines is 3. The SMILES string of the molecule is CC(=O)Cc1cc2c(-c3ccc(NS(C)(=O)=O)cc3)ccnc2[nH]1.CC(C)(C)OC(=O)Cc1cc2c(-c3ccc(NS(C)(=O)=O)cc3)ccnc2[nH]1.CS(=O)(=O)Nc1ccc(-c2ccnc3[nH]c(CC(=O)O)cc23)cc1. The molecule has 396 valence electrons. The predicted octanol–water partition coefficient (Wildman–Crippen LogP) is 8.45. The van der Waals surface area contributed by atoms with E-state index in [-0.39, 0.29) is 24.6 Å². The van der Waals surface area contributed by atoms with E-state index in [0.29, 0.717) is 40.5 Å². The maximum atomic E-state index is 12.1. The standard InChI is InChI=1S/C20H23N3O4S.C17H17N3O3S.C16H15N3O4S/c1-20(2,3)27-18(24)12-15-11-17-16(9-10-21-19(17)22-15)13-5-7-14(8-6-13)23-28(4,25)26;1-11(21)9-14-10-16-15(7-8-18-17(16)19-14)12-3-5-13(6-4-12)20-24(2,22)23;1-24(22,23)19-11-4-2-10(3-5-11)13-6-7-17-16-14(13)8-12(18-16)9-15(20)21/h5-11,23H,12H2,1-4H3,(H,21,22);3-8,10,20H,9H2,1-2H3,(H,18,19);2-8,19H,9H2,1H3,(H,17,18)(H,20,21). The molecular formula is C53H55N9O11S3. The van der Waals surface area contributed by atoms with Crippen molar-refractivity contribution in [1.82, 2.24) is 29.9 Å². The maximum absolute atomic E-state index is 12.1. The van der Waals surface area contributed by atoms with Crippen LogP contribution in [-0.2, 0) is 68.5 Å². The third kappa shape index (κ3) is 15.8. The van der Waals surface area contributed by atoms with E-state index >= 15 is 0 Å². The van der Waals surface area contributed by atoms with Gasteiger partial charge in [0, 0.05) is 75.3 Å². The molecule has 20 nitrogen and oxygen atoms in total. The van der Waals surface area contributed by atoms with Crippen molar-refractivity contribution in [3.05, 3.63) is 145 Å². The zero-order chi connectivity index (χ0) is 55.2. The Bertz CT molecular complexity index is 3770. The number of H-pyrrole nitrogens is 3. The van der Waals surface area contributed by atoms with Crippen LogP contribution in [0.2, 0.25) is 0 Å². The molecule has 6 aromatic heterocycles. The minimum atomic E-state index is -3.32. The van der Waals surface area contributed by atoms with E-state index in [0.717, 1.165) is 85.3 Å². The van der Waals surface area contributed by atoms with Gasteiger partial charge in [0.1, 0.15) is 28.3 Å². The highest BCUT2D eigenvalue weighted by Gasteiger charge is 2.19. The number of ketones is 1. The fourth-order valence-electron chi connectivity index (χ4n) is 8.04.